The van der Waals surface area contributed by atoms with E-state index in [1.165, 1.54) is 12.8 Å². The number of tetrazole rings is 1. The van der Waals surface area contributed by atoms with Gasteiger partial charge in [-0.25, -0.2) is 9.89 Å². The van der Waals surface area contributed by atoms with Gasteiger partial charge in [0, 0.05) is 35.3 Å². The van der Waals surface area contributed by atoms with Crippen LogP contribution in [0.3, 0.4) is 0 Å². The van der Waals surface area contributed by atoms with Crippen molar-refractivity contribution in [2.45, 2.75) is 78.3 Å². The molecule has 0 spiro atoms. The zero-order valence-corrected chi connectivity index (χ0v) is 21.4. The second-order valence-electron chi connectivity index (χ2n) is 10.6. The van der Waals surface area contributed by atoms with Gasteiger partial charge in [-0.15, -0.1) is 5.10 Å². The minimum atomic E-state index is 0.105. The number of pyridine rings is 1. The van der Waals surface area contributed by atoms with Crippen molar-refractivity contribution in [3.05, 3.63) is 70.5 Å². The van der Waals surface area contributed by atoms with Gasteiger partial charge < -0.3 is 0 Å². The number of imidazole rings is 1. The van der Waals surface area contributed by atoms with E-state index in [-0.39, 0.29) is 17.1 Å². The number of unbranched alkanes of at least 4 members (excludes halogenated alkanes) is 1. The third kappa shape index (κ3) is 4.76. The zero-order chi connectivity index (χ0) is 25.1. The number of H-pyrrole nitrogens is 1. The summed E-state index contributed by atoms with van der Waals surface area (Å²) in [4.78, 5) is 18.4. The number of nitrogens with one attached hydrogen (secondary N) is 1. The molecular weight excluding hydrogens is 450 g/mol. The third-order valence-electron chi connectivity index (χ3n) is 7.63. The van der Waals surface area contributed by atoms with Crippen molar-refractivity contribution in [1.82, 2.24) is 34.7 Å². The first-order valence-electron chi connectivity index (χ1n) is 13.1. The highest BCUT2D eigenvalue weighted by atomic mass is 16.1. The van der Waals surface area contributed by atoms with Gasteiger partial charge in [0.15, 0.2) is 5.82 Å². The maximum atomic E-state index is 13.7. The Morgan fingerprint density at radius 3 is 2.64 bits per heavy atom. The van der Waals surface area contributed by atoms with Crippen LogP contribution in [0.15, 0.2) is 53.6 Å². The molecule has 8 nitrogen and oxygen atoms in total. The first-order chi connectivity index (χ1) is 17.5. The van der Waals surface area contributed by atoms with E-state index in [4.69, 9.17) is 4.98 Å². The highest BCUT2D eigenvalue weighted by Gasteiger charge is 2.35. The summed E-state index contributed by atoms with van der Waals surface area (Å²) in [5, 5.41) is 14.3. The van der Waals surface area contributed by atoms with Crippen LogP contribution in [0.5, 0.6) is 0 Å². The van der Waals surface area contributed by atoms with Gasteiger partial charge in [0.2, 0.25) is 0 Å². The summed E-state index contributed by atoms with van der Waals surface area (Å²) >= 11 is 0. The van der Waals surface area contributed by atoms with E-state index in [1.807, 2.05) is 45.7 Å². The van der Waals surface area contributed by atoms with Crippen LogP contribution >= 0.6 is 0 Å². The van der Waals surface area contributed by atoms with Crippen LogP contribution in [0.4, 0.5) is 0 Å². The lowest BCUT2D eigenvalue weighted by Crippen LogP contribution is -2.37. The summed E-state index contributed by atoms with van der Waals surface area (Å²) in [5.41, 5.74) is 5.06. The number of hydrogen-bond acceptors (Lipinski definition) is 5. The van der Waals surface area contributed by atoms with Gasteiger partial charge in [-0.3, -0.25) is 14.1 Å². The minimum absolute atomic E-state index is 0.105. The van der Waals surface area contributed by atoms with Crippen LogP contribution in [0, 0.1) is 5.41 Å². The fourth-order valence-electron chi connectivity index (χ4n) is 5.53. The van der Waals surface area contributed by atoms with Gasteiger partial charge in [-0.05, 0) is 53.2 Å². The summed E-state index contributed by atoms with van der Waals surface area (Å²) in [5.74, 6) is 0.607. The largest absolute Gasteiger partial charge is 0.328 e. The first kappa shape index (κ1) is 24.2. The van der Waals surface area contributed by atoms with Crippen molar-refractivity contribution in [3.8, 4) is 22.6 Å². The average molecular weight is 486 g/mol. The molecule has 0 bridgehead atoms. The lowest BCUT2D eigenvalue weighted by Gasteiger charge is -2.38. The van der Waals surface area contributed by atoms with E-state index in [1.54, 1.807) is 0 Å². The van der Waals surface area contributed by atoms with Crippen LogP contribution in [0.1, 0.15) is 76.6 Å². The molecule has 8 heteroatoms. The highest BCUT2D eigenvalue weighted by molar-refractivity contribution is 5.78. The highest BCUT2D eigenvalue weighted by Crippen LogP contribution is 2.43. The molecule has 1 saturated carbocycles. The summed E-state index contributed by atoms with van der Waals surface area (Å²) < 4.78 is 4.00. The Morgan fingerprint density at radius 1 is 1.11 bits per heavy atom. The van der Waals surface area contributed by atoms with Gasteiger partial charge in [0.1, 0.15) is 0 Å². The molecule has 4 aromatic rings. The van der Waals surface area contributed by atoms with Crippen LogP contribution < -0.4 is 5.69 Å². The molecule has 3 heterocycles. The average Bonchev–Trinajstić information content (AvgIpc) is 3.52. The van der Waals surface area contributed by atoms with Gasteiger partial charge in [0.05, 0.1) is 12.2 Å². The molecule has 1 fully saturated rings. The number of aromatic nitrogens is 7. The normalized spacial score (nSPS) is 17.4. The lowest BCUT2D eigenvalue weighted by molar-refractivity contribution is 0.140. The Morgan fingerprint density at radius 2 is 1.94 bits per heavy atom. The molecule has 0 saturated heterocycles. The summed E-state index contributed by atoms with van der Waals surface area (Å²) in [7, 11) is 0. The Balaban J connectivity index is 1.45. The lowest BCUT2D eigenvalue weighted by atomic mass is 9.73. The number of aromatic amines is 1. The Kier molecular flexibility index (Phi) is 6.85. The Labute approximate surface area is 211 Å². The topological polar surface area (TPSA) is 94.3 Å². The van der Waals surface area contributed by atoms with Crippen molar-refractivity contribution < 1.29 is 0 Å². The number of hydrogen-bond donors (Lipinski definition) is 1. The molecule has 3 aromatic heterocycles. The van der Waals surface area contributed by atoms with Crippen molar-refractivity contribution in [2.75, 3.05) is 0 Å². The van der Waals surface area contributed by atoms with E-state index in [0.717, 1.165) is 60.2 Å². The number of nitrogens with zero attached hydrogens (tertiary/aromatic N) is 6. The summed E-state index contributed by atoms with van der Waals surface area (Å²) in [6, 6.07) is 12.3. The number of benzene rings is 1. The van der Waals surface area contributed by atoms with E-state index < -0.39 is 0 Å². The SMILES string of the molecule is CCCCc1cn(C2CCCCC2(C)C)c(=O)n1Cc1ccc(-c2ccccc2-c2nnn[nH]2)nc1. The van der Waals surface area contributed by atoms with Crippen molar-refractivity contribution in [3.63, 3.8) is 0 Å². The predicted octanol–water partition coefficient (Wildman–Crippen LogP) is 5.42. The van der Waals surface area contributed by atoms with Gasteiger partial charge in [0.25, 0.3) is 0 Å². The Hall–Kier alpha value is -3.55. The second-order valence-corrected chi connectivity index (χ2v) is 10.6. The maximum absolute atomic E-state index is 13.7. The Bertz CT molecular complexity index is 1350. The molecule has 0 aliphatic heterocycles. The van der Waals surface area contributed by atoms with E-state index in [2.05, 4.69) is 53.7 Å². The molecule has 5 rings (SSSR count). The van der Waals surface area contributed by atoms with Crippen molar-refractivity contribution in [1.29, 1.82) is 0 Å². The number of rotatable bonds is 8. The number of aryl methyl sites for hydroxylation is 1. The monoisotopic (exact) mass is 485 g/mol. The first-order valence-corrected chi connectivity index (χ1v) is 13.1. The maximum Gasteiger partial charge on any atom is 0.328 e. The molecular formula is C28H35N7O. The summed E-state index contributed by atoms with van der Waals surface area (Å²) in [6.45, 7) is 7.33. The van der Waals surface area contributed by atoms with E-state index in [0.29, 0.717) is 12.4 Å². The molecule has 1 aliphatic rings. The van der Waals surface area contributed by atoms with Crippen LogP contribution in [-0.4, -0.2) is 34.7 Å². The molecule has 36 heavy (non-hydrogen) atoms. The zero-order valence-electron chi connectivity index (χ0n) is 21.4. The van der Waals surface area contributed by atoms with E-state index in [9.17, 15) is 4.79 Å². The third-order valence-corrected chi connectivity index (χ3v) is 7.63. The molecule has 188 valence electrons. The van der Waals surface area contributed by atoms with Crippen molar-refractivity contribution in [2.24, 2.45) is 5.41 Å². The molecule has 1 N–H and O–H groups in total. The molecule has 0 radical (unpaired) electrons. The minimum Gasteiger partial charge on any atom is -0.295 e. The fraction of sp³-hybridized carbons (Fsp3) is 0.464. The van der Waals surface area contributed by atoms with E-state index >= 15 is 0 Å². The molecule has 1 atom stereocenters. The molecule has 0 amide bonds. The predicted molar refractivity (Wildman–Crippen MR) is 141 cm³/mol. The second kappa shape index (κ2) is 10.2. The standard InChI is InChI=1S/C28H35N7O/c1-4-5-10-21-19-35(25-13-8-9-16-28(25,2)3)27(36)34(21)18-20-14-15-24(29-17-20)22-11-6-7-12-23(22)26-30-32-33-31-26/h6-7,11-12,14-15,17,19,25H,4-5,8-10,13,16,18H2,1-3H3,(H,30,31,32,33). The quantitative estimate of drug-likeness (QED) is 0.359. The van der Waals surface area contributed by atoms with Gasteiger partial charge >= 0.3 is 5.69 Å². The summed E-state index contributed by atoms with van der Waals surface area (Å²) in [6.07, 6.45) is 11.8. The smallest absolute Gasteiger partial charge is 0.295 e. The van der Waals surface area contributed by atoms with Crippen LogP contribution in [0.25, 0.3) is 22.6 Å². The van der Waals surface area contributed by atoms with Crippen LogP contribution in [0.2, 0.25) is 0 Å². The molecule has 1 aliphatic carbocycles. The van der Waals surface area contributed by atoms with Gasteiger partial charge in [-0.1, -0.05) is 70.4 Å². The van der Waals surface area contributed by atoms with Gasteiger partial charge in [-0.2, -0.15) is 0 Å². The molecule has 1 aromatic carbocycles. The van der Waals surface area contributed by atoms with Crippen LogP contribution in [-0.2, 0) is 13.0 Å². The van der Waals surface area contributed by atoms with Crippen molar-refractivity contribution >= 4 is 0 Å². The fourth-order valence-corrected chi connectivity index (χ4v) is 5.53. The molecule has 1 unspecified atom stereocenters.